The van der Waals surface area contributed by atoms with Crippen molar-refractivity contribution in [1.29, 1.82) is 0 Å². The molecule has 3 heterocycles. The lowest BCUT2D eigenvalue weighted by Gasteiger charge is -2.18. The van der Waals surface area contributed by atoms with E-state index in [1.807, 2.05) is 40.9 Å². The third-order valence-corrected chi connectivity index (χ3v) is 5.02. The van der Waals surface area contributed by atoms with Gasteiger partial charge in [-0.2, -0.15) is 4.52 Å². The lowest BCUT2D eigenvalue weighted by Crippen LogP contribution is -2.25. The van der Waals surface area contributed by atoms with E-state index in [-0.39, 0.29) is 6.10 Å². The molecule has 25 heavy (non-hydrogen) atoms. The van der Waals surface area contributed by atoms with E-state index in [0.29, 0.717) is 10.9 Å². The third kappa shape index (κ3) is 2.91. The SMILES string of the molecule is Clc1cccc(OC2CCN(c3ccc4nnc(C5CC5)n4n3)C2)c1. The second kappa shape index (κ2) is 5.88. The number of hydrogen-bond acceptors (Lipinski definition) is 5. The maximum absolute atomic E-state index is 6.07. The summed E-state index contributed by atoms with van der Waals surface area (Å²) in [4.78, 5) is 2.26. The number of ether oxygens (including phenoxy) is 1. The molecule has 3 aromatic rings. The molecule has 1 atom stereocenters. The molecule has 2 fully saturated rings. The molecule has 128 valence electrons. The molecule has 1 aromatic carbocycles. The minimum atomic E-state index is 0.139. The van der Waals surface area contributed by atoms with Gasteiger partial charge in [-0.1, -0.05) is 17.7 Å². The molecule has 1 aliphatic carbocycles. The average Bonchev–Trinajstić information content (AvgIpc) is 3.20. The average molecular weight is 356 g/mol. The molecule has 5 rings (SSSR count). The number of halogens is 1. The van der Waals surface area contributed by atoms with Crippen molar-refractivity contribution in [1.82, 2.24) is 19.8 Å². The van der Waals surface area contributed by atoms with E-state index < -0.39 is 0 Å². The molecule has 2 aliphatic rings. The molecule has 0 radical (unpaired) electrons. The van der Waals surface area contributed by atoms with Crippen LogP contribution in [0, 0.1) is 0 Å². The van der Waals surface area contributed by atoms with E-state index in [1.54, 1.807) is 0 Å². The number of nitrogens with zero attached hydrogens (tertiary/aromatic N) is 5. The van der Waals surface area contributed by atoms with Crippen molar-refractivity contribution in [2.45, 2.75) is 31.3 Å². The maximum Gasteiger partial charge on any atom is 0.178 e. The number of fused-ring (bicyclic) bond motifs is 1. The molecule has 1 aliphatic heterocycles. The summed E-state index contributed by atoms with van der Waals surface area (Å²) in [5.74, 6) is 3.28. The molecule has 0 spiro atoms. The highest BCUT2D eigenvalue weighted by molar-refractivity contribution is 6.30. The smallest absolute Gasteiger partial charge is 0.178 e. The van der Waals surface area contributed by atoms with Gasteiger partial charge in [0.2, 0.25) is 0 Å². The van der Waals surface area contributed by atoms with Crippen molar-refractivity contribution in [2.24, 2.45) is 0 Å². The van der Waals surface area contributed by atoms with Gasteiger partial charge in [0.05, 0.1) is 6.54 Å². The molecule has 0 bridgehead atoms. The normalized spacial score (nSPS) is 20.4. The Kier molecular flexibility index (Phi) is 3.52. The highest BCUT2D eigenvalue weighted by Crippen LogP contribution is 2.38. The number of rotatable bonds is 4. The Morgan fingerprint density at radius 3 is 2.84 bits per heavy atom. The summed E-state index contributed by atoms with van der Waals surface area (Å²) in [7, 11) is 0. The Balaban J connectivity index is 1.34. The minimum Gasteiger partial charge on any atom is -0.488 e. The zero-order valence-electron chi connectivity index (χ0n) is 13.7. The largest absolute Gasteiger partial charge is 0.488 e. The predicted molar refractivity (Wildman–Crippen MR) is 95.5 cm³/mol. The Hall–Kier alpha value is -2.34. The number of aromatic nitrogens is 4. The van der Waals surface area contributed by atoms with Gasteiger partial charge in [0.25, 0.3) is 0 Å². The zero-order chi connectivity index (χ0) is 16.8. The van der Waals surface area contributed by atoms with Gasteiger partial charge in [-0.25, -0.2) is 0 Å². The van der Waals surface area contributed by atoms with E-state index >= 15 is 0 Å². The van der Waals surface area contributed by atoms with E-state index in [2.05, 4.69) is 15.1 Å². The number of hydrogen-bond donors (Lipinski definition) is 0. The molecule has 6 nitrogen and oxygen atoms in total. The van der Waals surface area contributed by atoms with E-state index in [4.69, 9.17) is 21.4 Å². The fraction of sp³-hybridized carbons (Fsp3) is 0.389. The molecule has 0 amide bonds. The van der Waals surface area contributed by atoms with Crippen molar-refractivity contribution in [3.63, 3.8) is 0 Å². The quantitative estimate of drug-likeness (QED) is 0.718. The Morgan fingerprint density at radius 1 is 1.08 bits per heavy atom. The van der Waals surface area contributed by atoms with Crippen LogP contribution in [0.5, 0.6) is 5.75 Å². The second-order valence-electron chi connectivity index (χ2n) is 6.73. The summed E-state index contributed by atoms with van der Waals surface area (Å²) >= 11 is 6.03. The molecule has 0 N–H and O–H groups in total. The number of benzene rings is 1. The summed E-state index contributed by atoms with van der Waals surface area (Å²) < 4.78 is 7.97. The summed E-state index contributed by atoms with van der Waals surface area (Å²) in [5.41, 5.74) is 0.816. The highest BCUT2D eigenvalue weighted by Gasteiger charge is 2.30. The van der Waals surface area contributed by atoms with Gasteiger partial charge in [-0.15, -0.1) is 15.3 Å². The third-order valence-electron chi connectivity index (χ3n) is 4.78. The fourth-order valence-electron chi connectivity index (χ4n) is 3.33. The van der Waals surface area contributed by atoms with Crippen LogP contribution in [0.25, 0.3) is 5.65 Å². The van der Waals surface area contributed by atoms with Gasteiger partial charge < -0.3 is 9.64 Å². The van der Waals surface area contributed by atoms with Crippen molar-refractivity contribution < 1.29 is 4.74 Å². The van der Waals surface area contributed by atoms with Crippen LogP contribution in [0.2, 0.25) is 5.02 Å². The first kappa shape index (κ1) is 15.0. The molecular formula is C18H18ClN5O. The van der Waals surface area contributed by atoms with Gasteiger partial charge in [0, 0.05) is 23.9 Å². The highest BCUT2D eigenvalue weighted by atomic mass is 35.5. The monoisotopic (exact) mass is 355 g/mol. The standard InChI is InChI=1S/C18H18ClN5O/c19-13-2-1-3-14(10-13)25-15-8-9-23(11-15)17-7-6-16-20-21-18(12-4-5-12)24(16)22-17/h1-3,6-7,10,12,15H,4-5,8-9,11H2. The molecular weight excluding hydrogens is 338 g/mol. The van der Waals surface area contributed by atoms with Crippen LogP contribution in [0.4, 0.5) is 5.82 Å². The lowest BCUT2D eigenvalue weighted by molar-refractivity contribution is 0.225. The first-order valence-corrected chi connectivity index (χ1v) is 9.03. The molecule has 2 aromatic heterocycles. The summed E-state index contributed by atoms with van der Waals surface area (Å²) in [5, 5.41) is 14.0. The van der Waals surface area contributed by atoms with Crippen LogP contribution in [-0.2, 0) is 0 Å². The predicted octanol–water partition coefficient (Wildman–Crippen LogP) is 3.31. The van der Waals surface area contributed by atoms with Gasteiger partial charge in [-0.3, -0.25) is 0 Å². The van der Waals surface area contributed by atoms with Crippen LogP contribution in [0.15, 0.2) is 36.4 Å². The van der Waals surface area contributed by atoms with E-state index in [0.717, 1.165) is 42.5 Å². The van der Waals surface area contributed by atoms with Crippen molar-refractivity contribution in [3.05, 3.63) is 47.2 Å². The summed E-state index contributed by atoms with van der Waals surface area (Å²) in [6.45, 7) is 1.73. The second-order valence-corrected chi connectivity index (χ2v) is 7.16. The summed E-state index contributed by atoms with van der Waals surface area (Å²) in [6, 6.07) is 11.6. The Morgan fingerprint density at radius 2 is 2.00 bits per heavy atom. The van der Waals surface area contributed by atoms with Gasteiger partial charge >= 0.3 is 0 Å². The van der Waals surface area contributed by atoms with Gasteiger partial charge in [0.15, 0.2) is 11.5 Å². The topological polar surface area (TPSA) is 55.5 Å². The van der Waals surface area contributed by atoms with Crippen molar-refractivity contribution >= 4 is 23.1 Å². The maximum atomic E-state index is 6.07. The van der Waals surface area contributed by atoms with Crippen LogP contribution < -0.4 is 9.64 Å². The Labute approximate surface area is 150 Å². The molecule has 7 heteroatoms. The first-order chi connectivity index (χ1) is 12.3. The fourth-order valence-corrected chi connectivity index (χ4v) is 3.51. The van der Waals surface area contributed by atoms with E-state index in [9.17, 15) is 0 Å². The lowest BCUT2D eigenvalue weighted by atomic mass is 10.3. The zero-order valence-corrected chi connectivity index (χ0v) is 14.4. The van der Waals surface area contributed by atoms with Crippen LogP contribution >= 0.6 is 11.6 Å². The van der Waals surface area contributed by atoms with Crippen LogP contribution in [-0.4, -0.2) is 39.0 Å². The van der Waals surface area contributed by atoms with Crippen molar-refractivity contribution in [2.75, 3.05) is 18.0 Å². The van der Waals surface area contributed by atoms with Crippen LogP contribution in [0.3, 0.4) is 0 Å². The first-order valence-electron chi connectivity index (χ1n) is 8.66. The molecule has 1 saturated heterocycles. The molecule has 1 unspecified atom stereocenters. The minimum absolute atomic E-state index is 0.139. The van der Waals surface area contributed by atoms with Crippen LogP contribution in [0.1, 0.15) is 31.0 Å². The summed E-state index contributed by atoms with van der Waals surface area (Å²) in [6.07, 6.45) is 3.47. The number of anilines is 1. The Bertz CT molecular complexity index is 923. The van der Waals surface area contributed by atoms with Gasteiger partial charge in [-0.05, 0) is 43.2 Å². The van der Waals surface area contributed by atoms with Gasteiger partial charge in [0.1, 0.15) is 17.7 Å². The molecule has 1 saturated carbocycles. The van der Waals surface area contributed by atoms with E-state index in [1.165, 1.54) is 12.8 Å². The van der Waals surface area contributed by atoms with Crippen molar-refractivity contribution in [3.8, 4) is 5.75 Å².